The van der Waals surface area contributed by atoms with Crippen molar-refractivity contribution >= 4 is 11.0 Å². The van der Waals surface area contributed by atoms with Gasteiger partial charge in [0.1, 0.15) is 11.6 Å². The van der Waals surface area contributed by atoms with E-state index >= 15 is 0 Å². The van der Waals surface area contributed by atoms with Gasteiger partial charge in [0.05, 0.1) is 28.0 Å². The van der Waals surface area contributed by atoms with Crippen LogP contribution in [0.4, 0.5) is 0 Å². The average Bonchev–Trinajstić information content (AvgIpc) is 3.68. The summed E-state index contributed by atoms with van der Waals surface area (Å²) < 4.78 is 11.3. The Kier molecular flexibility index (Phi) is 10.6. The molecule has 0 aliphatic carbocycles. The van der Waals surface area contributed by atoms with Gasteiger partial charge in [0, 0.05) is 29.8 Å². The number of phenolic OH excluding ortho intramolecular Hbond substituents is 1. The van der Waals surface area contributed by atoms with Gasteiger partial charge >= 0.3 is 0 Å². The smallest absolute Gasteiger partial charge is 0.149 e. The van der Waals surface area contributed by atoms with Gasteiger partial charge in [-0.25, -0.2) is 4.98 Å². The van der Waals surface area contributed by atoms with E-state index in [1.807, 2.05) is 32.2 Å². The second kappa shape index (κ2) is 16.6. The molecule has 0 amide bonds. The number of phenols is 1. The Labute approximate surface area is 380 Å². The molecule has 0 saturated heterocycles. The van der Waals surface area contributed by atoms with Gasteiger partial charge in [-0.3, -0.25) is 9.55 Å². The van der Waals surface area contributed by atoms with Crippen LogP contribution in [0.25, 0.3) is 83.9 Å². The molecule has 0 unspecified atom stereocenters. The lowest BCUT2D eigenvalue weighted by Crippen LogP contribution is -2.17. The van der Waals surface area contributed by atoms with E-state index in [1.165, 1.54) is 5.56 Å². The highest BCUT2D eigenvalue weighted by atomic mass is 16.3. The topological polar surface area (TPSA) is 50.9 Å². The van der Waals surface area contributed by atoms with E-state index in [0.717, 1.165) is 89.2 Å². The Morgan fingerprint density at radius 3 is 1.88 bits per heavy atom. The molecule has 0 saturated carbocycles. The predicted octanol–water partition coefficient (Wildman–Crippen LogP) is 16.2. The van der Waals surface area contributed by atoms with Gasteiger partial charge in [-0.1, -0.05) is 170 Å². The molecule has 0 atom stereocenters. The van der Waals surface area contributed by atoms with E-state index in [2.05, 4.69) is 205 Å². The lowest BCUT2D eigenvalue weighted by atomic mass is 9.79. The van der Waals surface area contributed by atoms with Crippen LogP contribution in [0, 0.1) is 6.92 Å². The maximum Gasteiger partial charge on any atom is 0.149 e. The van der Waals surface area contributed by atoms with Crippen molar-refractivity contribution in [3.8, 4) is 78.6 Å². The third-order valence-corrected chi connectivity index (χ3v) is 12.4. The van der Waals surface area contributed by atoms with Crippen molar-refractivity contribution in [2.45, 2.75) is 79.0 Å². The third-order valence-electron chi connectivity index (χ3n) is 12.4. The maximum atomic E-state index is 12.5. The van der Waals surface area contributed by atoms with Crippen LogP contribution in [0.2, 0.25) is 0 Å². The normalized spacial score (nSPS) is 12.4. The Balaban J connectivity index is 1.36. The molecule has 9 rings (SSSR count). The average molecular weight is 837 g/mol. The summed E-state index contributed by atoms with van der Waals surface area (Å²) in [5.74, 6) is 0.0385. The molecule has 0 radical (unpaired) electrons. The van der Waals surface area contributed by atoms with Gasteiger partial charge < -0.3 is 5.11 Å². The number of imidazole rings is 1. The zero-order valence-electron chi connectivity index (χ0n) is 39.5. The zero-order valence-corrected chi connectivity index (χ0v) is 38.5. The number of nitrogens with zero attached hydrogens (tertiary/aromatic N) is 3. The minimum Gasteiger partial charge on any atom is -0.507 e. The molecule has 7 aromatic carbocycles. The highest BCUT2D eigenvalue weighted by molar-refractivity contribution is 5.98. The van der Waals surface area contributed by atoms with Gasteiger partial charge in [0.25, 0.3) is 0 Å². The molecule has 4 heteroatoms. The zero-order chi connectivity index (χ0) is 45.8. The highest BCUT2D eigenvalue weighted by Gasteiger charge is 2.29. The molecule has 0 fully saturated rings. The second-order valence-corrected chi connectivity index (χ2v) is 19.4. The number of aryl methyl sites for hydroxylation is 1. The number of pyridine rings is 1. The molecule has 2 heterocycles. The summed E-state index contributed by atoms with van der Waals surface area (Å²) in [4.78, 5) is 10.6. The first-order valence-corrected chi connectivity index (χ1v) is 22.3. The lowest BCUT2D eigenvalue weighted by Gasteiger charge is -2.27. The molecule has 0 aliphatic rings. The van der Waals surface area contributed by atoms with Gasteiger partial charge in [-0.2, -0.15) is 0 Å². The number of rotatable bonds is 8. The van der Waals surface area contributed by atoms with Crippen LogP contribution < -0.4 is 0 Å². The van der Waals surface area contributed by atoms with Crippen molar-refractivity contribution in [2.24, 2.45) is 0 Å². The Morgan fingerprint density at radius 1 is 0.547 bits per heavy atom. The number of aromatic hydroxyl groups is 1. The van der Waals surface area contributed by atoms with Crippen LogP contribution in [0.5, 0.6) is 5.75 Å². The van der Waals surface area contributed by atoms with Gasteiger partial charge in [-0.15, -0.1) is 0 Å². The van der Waals surface area contributed by atoms with E-state index in [-0.39, 0.29) is 16.6 Å². The summed E-state index contributed by atoms with van der Waals surface area (Å²) in [6, 6.07) is 57.5. The van der Waals surface area contributed by atoms with Crippen molar-refractivity contribution in [3.05, 3.63) is 192 Å². The third kappa shape index (κ3) is 8.17. The number of aromatic nitrogens is 3. The predicted molar refractivity (Wildman–Crippen MR) is 269 cm³/mol. The van der Waals surface area contributed by atoms with Crippen molar-refractivity contribution in [1.82, 2.24) is 14.5 Å². The molecule has 0 aliphatic heterocycles. The highest BCUT2D eigenvalue weighted by Crippen LogP contribution is 2.46. The molecule has 0 spiro atoms. The first kappa shape index (κ1) is 41.0. The van der Waals surface area contributed by atoms with Crippen LogP contribution in [0.3, 0.4) is 0 Å². The number of benzene rings is 7. The molecule has 1 N–H and O–H groups in total. The second-order valence-electron chi connectivity index (χ2n) is 19.4. The van der Waals surface area contributed by atoms with E-state index in [0.29, 0.717) is 11.4 Å². The number of hydrogen-bond acceptors (Lipinski definition) is 3. The molecule has 0 bridgehead atoms. The summed E-state index contributed by atoms with van der Waals surface area (Å²) in [7, 11) is 0. The van der Waals surface area contributed by atoms with E-state index in [4.69, 9.17) is 11.3 Å². The Hall–Kier alpha value is -7.04. The molecular formula is C60H57N3O. The van der Waals surface area contributed by atoms with Crippen molar-refractivity contribution in [3.63, 3.8) is 0 Å². The SMILES string of the molecule is [2H]C(C)(C)c1ccc(-n2c(-c3cc(C(C)(C)C)cc(C(C)(C)C)c3O)nc3c(-c4cc(-c5ccccc5)cc(-c5cc(-c6ccc(C)cc6)ccn5)c4)cccc32)c(-c2ccccc2)c1. The van der Waals surface area contributed by atoms with Crippen LogP contribution in [-0.2, 0) is 10.8 Å². The van der Waals surface area contributed by atoms with Gasteiger partial charge in [0.2, 0.25) is 0 Å². The van der Waals surface area contributed by atoms with Gasteiger partial charge in [-0.05, 0) is 123 Å². The van der Waals surface area contributed by atoms with Crippen molar-refractivity contribution < 1.29 is 6.48 Å². The largest absolute Gasteiger partial charge is 0.507 e. The first-order valence-electron chi connectivity index (χ1n) is 22.8. The minimum absolute atomic E-state index is 0.208. The summed E-state index contributed by atoms with van der Waals surface area (Å²) >= 11 is 0. The summed E-state index contributed by atoms with van der Waals surface area (Å²) in [5.41, 5.74) is 17.1. The standard InChI is InChI=1S/C60H57N3O/c1-38(2)43-27-28-54(50(34-43)42-19-14-11-15-20-42)63-55-22-16-21-49(56(55)62-58(63)51-36-48(59(4,5)6)37-52(57(51)64)60(7,8)9)46-31-45(40-17-12-10-13-18-40)32-47(33-46)53-35-44(29-30-61-53)41-25-23-39(3)24-26-41/h10-38,64H,1-9H3/i38D. The fourth-order valence-corrected chi connectivity index (χ4v) is 8.70. The monoisotopic (exact) mass is 836 g/mol. The minimum atomic E-state index is -0.827. The molecule has 64 heavy (non-hydrogen) atoms. The Bertz CT molecular complexity index is 3200. The van der Waals surface area contributed by atoms with E-state index in [9.17, 15) is 5.11 Å². The van der Waals surface area contributed by atoms with E-state index in [1.54, 1.807) is 0 Å². The molecule has 4 nitrogen and oxygen atoms in total. The fourth-order valence-electron chi connectivity index (χ4n) is 8.70. The molecule has 2 aromatic heterocycles. The number of para-hydroxylation sites is 1. The summed E-state index contributed by atoms with van der Waals surface area (Å²) in [6.45, 7) is 19.1. The number of hydrogen-bond donors (Lipinski definition) is 1. The first-order chi connectivity index (χ1) is 30.9. The van der Waals surface area contributed by atoms with E-state index < -0.39 is 5.89 Å². The van der Waals surface area contributed by atoms with Crippen LogP contribution in [0.1, 0.15) is 84.9 Å². The molecular weight excluding hydrogens is 779 g/mol. The van der Waals surface area contributed by atoms with Crippen LogP contribution in [0.15, 0.2) is 170 Å². The quantitative estimate of drug-likeness (QED) is 0.166. The fraction of sp³-hybridized carbons (Fsp3) is 0.200. The molecule has 9 aromatic rings. The maximum absolute atomic E-state index is 12.5. The molecule has 318 valence electrons. The number of fused-ring (bicyclic) bond motifs is 1. The summed E-state index contributed by atoms with van der Waals surface area (Å²) in [5, 5.41) is 12.5. The van der Waals surface area contributed by atoms with Crippen molar-refractivity contribution in [1.29, 1.82) is 0 Å². The van der Waals surface area contributed by atoms with Crippen molar-refractivity contribution in [2.75, 3.05) is 0 Å². The summed E-state index contributed by atoms with van der Waals surface area (Å²) in [6.07, 6.45) is 1.90. The lowest BCUT2D eigenvalue weighted by molar-refractivity contribution is 0.446. The van der Waals surface area contributed by atoms with Crippen LogP contribution >= 0.6 is 0 Å². The Morgan fingerprint density at radius 2 is 1.20 bits per heavy atom. The van der Waals surface area contributed by atoms with Crippen LogP contribution in [-0.4, -0.2) is 19.6 Å². The van der Waals surface area contributed by atoms with Gasteiger partial charge in [0.15, 0.2) is 0 Å².